The van der Waals surface area contributed by atoms with Crippen molar-refractivity contribution in [3.05, 3.63) is 11.6 Å². The topological polar surface area (TPSA) is 71.2 Å². The highest BCUT2D eigenvalue weighted by atomic mass is 16.4. The molecule has 1 saturated heterocycles. The predicted octanol–water partition coefficient (Wildman–Crippen LogP) is 1.34. The smallest absolute Gasteiger partial charge is 0.307 e. The largest absolute Gasteiger partial charge is 0.481 e. The highest BCUT2D eigenvalue weighted by molar-refractivity contribution is 5.70. The van der Waals surface area contributed by atoms with Gasteiger partial charge < -0.3 is 10.0 Å². The number of rotatable bonds is 4. The number of nitrogens with zero attached hydrogens (tertiary/aromatic N) is 4. The first-order valence-corrected chi connectivity index (χ1v) is 8.06. The number of carbonyl (C=O) groups is 1. The number of aryl methyl sites for hydroxylation is 1. The molecular weight excluding hydrogens is 268 g/mol. The summed E-state index contributed by atoms with van der Waals surface area (Å²) in [5.41, 5.74) is 0. The lowest BCUT2D eigenvalue weighted by Gasteiger charge is -2.34. The summed E-state index contributed by atoms with van der Waals surface area (Å²) in [7, 11) is 0. The summed E-state index contributed by atoms with van der Waals surface area (Å²) >= 11 is 0. The van der Waals surface area contributed by atoms with Gasteiger partial charge in [0.05, 0.1) is 5.92 Å². The van der Waals surface area contributed by atoms with Crippen molar-refractivity contribution in [1.82, 2.24) is 19.7 Å². The van der Waals surface area contributed by atoms with Gasteiger partial charge in [-0.05, 0) is 32.4 Å². The van der Waals surface area contributed by atoms with Crippen LogP contribution in [0.1, 0.15) is 44.3 Å². The lowest BCUT2D eigenvalue weighted by Crippen LogP contribution is -2.40. The summed E-state index contributed by atoms with van der Waals surface area (Å²) in [6.45, 7) is 5.15. The molecule has 0 amide bonds. The summed E-state index contributed by atoms with van der Waals surface area (Å²) in [4.78, 5) is 18.2. The predicted molar refractivity (Wildman–Crippen MR) is 78.1 cm³/mol. The SMILES string of the molecule is CCN1CCCCC1Cc1nc2n(n1)CCC(C(=O)O)C2. The van der Waals surface area contributed by atoms with Crippen LogP contribution < -0.4 is 0 Å². The zero-order valence-corrected chi connectivity index (χ0v) is 12.7. The summed E-state index contributed by atoms with van der Waals surface area (Å²) < 4.78 is 1.91. The van der Waals surface area contributed by atoms with Crippen LogP contribution in [0.25, 0.3) is 0 Å². The van der Waals surface area contributed by atoms with Crippen molar-refractivity contribution in [3.63, 3.8) is 0 Å². The van der Waals surface area contributed by atoms with Crippen molar-refractivity contribution in [3.8, 4) is 0 Å². The third-order valence-electron chi connectivity index (χ3n) is 4.83. The van der Waals surface area contributed by atoms with E-state index in [1.807, 2.05) is 4.68 Å². The van der Waals surface area contributed by atoms with E-state index in [1.54, 1.807) is 0 Å². The fraction of sp³-hybridized carbons (Fsp3) is 0.800. The van der Waals surface area contributed by atoms with E-state index in [4.69, 9.17) is 5.11 Å². The molecule has 1 aromatic heterocycles. The van der Waals surface area contributed by atoms with Gasteiger partial charge in [-0.2, -0.15) is 5.10 Å². The first-order valence-electron chi connectivity index (χ1n) is 8.06. The molecule has 0 aliphatic carbocycles. The number of hydrogen-bond acceptors (Lipinski definition) is 4. The van der Waals surface area contributed by atoms with E-state index < -0.39 is 5.97 Å². The standard InChI is InChI=1S/C15H24N4O2/c1-2-18-7-4-3-5-12(18)10-13-16-14-9-11(15(20)21)6-8-19(14)17-13/h11-12H,2-10H2,1H3,(H,20,21). The zero-order valence-electron chi connectivity index (χ0n) is 12.7. The van der Waals surface area contributed by atoms with Gasteiger partial charge in [-0.25, -0.2) is 9.67 Å². The Morgan fingerprint density at radius 3 is 2.95 bits per heavy atom. The van der Waals surface area contributed by atoms with E-state index in [2.05, 4.69) is 21.9 Å². The first-order chi connectivity index (χ1) is 10.2. The highest BCUT2D eigenvalue weighted by Crippen LogP contribution is 2.22. The summed E-state index contributed by atoms with van der Waals surface area (Å²) in [6.07, 6.45) is 5.87. The van der Waals surface area contributed by atoms with Crippen LogP contribution in [0.3, 0.4) is 0 Å². The molecule has 2 unspecified atom stereocenters. The summed E-state index contributed by atoms with van der Waals surface area (Å²) in [5, 5.41) is 13.7. The van der Waals surface area contributed by atoms with E-state index in [9.17, 15) is 4.79 Å². The molecule has 6 heteroatoms. The van der Waals surface area contributed by atoms with Gasteiger partial charge in [0.15, 0.2) is 5.82 Å². The van der Waals surface area contributed by atoms with Gasteiger partial charge in [-0.3, -0.25) is 4.79 Å². The van der Waals surface area contributed by atoms with Crippen molar-refractivity contribution in [2.75, 3.05) is 13.1 Å². The number of likely N-dealkylation sites (tertiary alicyclic amines) is 1. The minimum Gasteiger partial charge on any atom is -0.481 e. The van der Waals surface area contributed by atoms with E-state index >= 15 is 0 Å². The van der Waals surface area contributed by atoms with Crippen molar-refractivity contribution >= 4 is 5.97 Å². The highest BCUT2D eigenvalue weighted by Gasteiger charge is 2.28. The van der Waals surface area contributed by atoms with E-state index in [0.29, 0.717) is 25.4 Å². The number of aliphatic carboxylic acids is 1. The van der Waals surface area contributed by atoms with Crippen LogP contribution in [0, 0.1) is 5.92 Å². The number of carboxylic acid groups (broad SMARTS) is 1. The maximum absolute atomic E-state index is 11.1. The number of piperidine rings is 1. The molecular formula is C15H24N4O2. The van der Waals surface area contributed by atoms with Crippen LogP contribution in [0.15, 0.2) is 0 Å². The number of likely N-dealkylation sites (N-methyl/N-ethyl adjacent to an activating group) is 1. The second kappa shape index (κ2) is 6.13. The van der Waals surface area contributed by atoms with E-state index in [-0.39, 0.29) is 5.92 Å². The van der Waals surface area contributed by atoms with Gasteiger partial charge in [0, 0.05) is 25.4 Å². The minimum absolute atomic E-state index is 0.295. The average molecular weight is 292 g/mol. The zero-order chi connectivity index (χ0) is 14.8. The molecule has 1 N–H and O–H groups in total. The Labute approximate surface area is 125 Å². The Kier molecular flexibility index (Phi) is 4.24. The van der Waals surface area contributed by atoms with Crippen LogP contribution in [-0.2, 0) is 24.2 Å². The number of aromatic nitrogens is 3. The van der Waals surface area contributed by atoms with Gasteiger partial charge in [0.25, 0.3) is 0 Å². The van der Waals surface area contributed by atoms with Crippen molar-refractivity contribution < 1.29 is 9.90 Å². The molecule has 2 atom stereocenters. The van der Waals surface area contributed by atoms with Gasteiger partial charge in [0.2, 0.25) is 0 Å². The van der Waals surface area contributed by atoms with Crippen LogP contribution in [0.4, 0.5) is 0 Å². The van der Waals surface area contributed by atoms with Crippen LogP contribution in [0.5, 0.6) is 0 Å². The maximum Gasteiger partial charge on any atom is 0.307 e. The normalized spacial score (nSPS) is 26.5. The van der Waals surface area contributed by atoms with Crippen LogP contribution in [-0.4, -0.2) is 49.9 Å². The number of hydrogen-bond donors (Lipinski definition) is 1. The van der Waals surface area contributed by atoms with E-state index in [0.717, 1.165) is 24.6 Å². The number of carboxylic acids is 1. The molecule has 0 spiro atoms. The molecule has 3 heterocycles. The summed E-state index contributed by atoms with van der Waals surface area (Å²) in [6, 6.07) is 0.545. The quantitative estimate of drug-likeness (QED) is 0.907. The van der Waals surface area contributed by atoms with Gasteiger partial charge in [-0.15, -0.1) is 0 Å². The Morgan fingerprint density at radius 1 is 1.33 bits per heavy atom. The molecule has 1 fully saturated rings. The molecule has 2 aliphatic rings. The van der Waals surface area contributed by atoms with Gasteiger partial charge >= 0.3 is 5.97 Å². The first kappa shape index (κ1) is 14.5. The van der Waals surface area contributed by atoms with Crippen molar-refractivity contribution in [2.45, 2.75) is 58.0 Å². The van der Waals surface area contributed by atoms with Gasteiger partial charge in [0.1, 0.15) is 5.82 Å². The Morgan fingerprint density at radius 2 is 2.19 bits per heavy atom. The molecule has 1 aromatic rings. The van der Waals surface area contributed by atoms with Crippen LogP contribution in [0.2, 0.25) is 0 Å². The fourth-order valence-electron chi connectivity index (χ4n) is 3.57. The third kappa shape index (κ3) is 3.10. The number of fused-ring (bicyclic) bond motifs is 1. The lowest BCUT2D eigenvalue weighted by molar-refractivity contribution is -0.142. The molecule has 6 nitrogen and oxygen atoms in total. The van der Waals surface area contributed by atoms with Crippen molar-refractivity contribution in [2.24, 2.45) is 5.92 Å². The van der Waals surface area contributed by atoms with E-state index in [1.165, 1.54) is 25.8 Å². The average Bonchev–Trinajstić information content (AvgIpc) is 2.89. The fourth-order valence-corrected chi connectivity index (χ4v) is 3.57. The minimum atomic E-state index is -0.713. The molecule has 0 saturated carbocycles. The monoisotopic (exact) mass is 292 g/mol. The lowest BCUT2D eigenvalue weighted by atomic mass is 9.98. The second-order valence-corrected chi connectivity index (χ2v) is 6.18. The summed E-state index contributed by atoms with van der Waals surface area (Å²) in [5.74, 6) is 0.732. The molecule has 0 aromatic carbocycles. The van der Waals surface area contributed by atoms with Gasteiger partial charge in [-0.1, -0.05) is 13.3 Å². The second-order valence-electron chi connectivity index (χ2n) is 6.18. The maximum atomic E-state index is 11.1. The Balaban J connectivity index is 1.69. The molecule has 3 rings (SSSR count). The molecule has 21 heavy (non-hydrogen) atoms. The molecule has 0 bridgehead atoms. The molecule has 0 radical (unpaired) electrons. The van der Waals surface area contributed by atoms with Crippen molar-refractivity contribution in [1.29, 1.82) is 0 Å². The molecule has 116 valence electrons. The van der Waals surface area contributed by atoms with Crippen LogP contribution >= 0.6 is 0 Å². The molecule has 2 aliphatic heterocycles. The Bertz CT molecular complexity index is 514. The Hall–Kier alpha value is -1.43. The third-order valence-corrected chi connectivity index (χ3v) is 4.83.